The Morgan fingerprint density at radius 3 is 2.82 bits per heavy atom. The molecular formula is C17H18N2O3. The Morgan fingerprint density at radius 1 is 1.23 bits per heavy atom. The Kier molecular flexibility index (Phi) is 4.25. The van der Waals surface area contributed by atoms with Crippen molar-refractivity contribution in [3.05, 3.63) is 48.5 Å². The second kappa shape index (κ2) is 6.49. The molecule has 1 saturated heterocycles. The van der Waals surface area contributed by atoms with E-state index in [0.29, 0.717) is 31.2 Å². The quantitative estimate of drug-likeness (QED) is 0.694. The number of hydrogen-bond acceptors (Lipinski definition) is 5. The predicted octanol–water partition coefficient (Wildman–Crippen LogP) is 2.47. The van der Waals surface area contributed by atoms with Crippen LogP contribution < -0.4 is 15.4 Å². The first kappa shape index (κ1) is 14.4. The first-order valence-electron chi connectivity index (χ1n) is 7.20. The summed E-state index contributed by atoms with van der Waals surface area (Å²) < 4.78 is 11.2. The summed E-state index contributed by atoms with van der Waals surface area (Å²) in [6, 6.07) is 14.8. The average molecular weight is 298 g/mol. The van der Waals surface area contributed by atoms with Crippen LogP contribution in [0.2, 0.25) is 0 Å². The van der Waals surface area contributed by atoms with Crippen molar-refractivity contribution in [3.8, 4) is 11.5 Å². The number of benzene rings is 2. The van der Waals surface area contributed by atoms with Gasteiger partial charge >= 0.3 is 0 Å². The molecule has 5 nitrogen and oxygen atoms in total. The second-order valence-electron chi connectivity index (χ2n) is 5.11. The van der Waals surface area contributed by atoms with Gasteiger partial charge in [0.05, 0.1) is 18.9 Å². The molecule has 2 aromatic carbocycles. The van der Waals surface area contributed by atoms with E-state index in [1.54, 1.807) is 6.07 Å². The van der Waals surface area contributed by atoms with Crippen LogP contribution in [0.4, 0.5) is 11.4 Å². The third-order valence-corrected chi connectivity index (χ3v) is 3.62. The van der Waals surface area contributed by atoms with Crippen LogP contribution in [-0.4, -0.2) is 32.1 Å². The highest BCUT2D eigenvalue weighted by Crippen LogP contribution is 2.32. The maximum atomic E-state index is 11.2. The van der Waals surface area contributed by atoms with Crippen molar-refractivity contribution in [1.29, 1.82) is 0 Å². The highest BCUT2D eigenvalue weighted by molar-refractivity contribution is 5.70. The molecule has 0 aromatic heterocycles. The molecule has 0 aliphatic carbocycles. The third kappa shape index (κ3) is 3.04. The summed E-state index contributed by atoms with van der Waals surface area (Å²) in [6.07, 6.45) is 0.910. The van der Waals surface area contributed by atoms with Crippen molar-refractivity contribution in [2.24, 2.45) is 0 Å². The van der Waals surface area contributed by atoms with E-state index in [-0.39, 0.29) is 6.04 Å². The minimum atomic E-state index is -0.276. The van der Waals surface area contributed by atoms with Crippen LogP contribution in [0.15, 0.2) is 48.5 Å². The number of nitrogens with zero attached hydrogens (tertiary/aromatic N) is 1. The molecule has 2 aromatic rings. The van der Waals surface area contributed by atoms with Gasteiger partial charge in [0.15, 0.2) is 5.75 Å². The molecule has 1 aliphatic rings. The molecule has 1 fully saturated rings. The number of anilines is 2. The Labute approximate surface area is 129 Å². The molecule has 0 amide bonds. The van der Waals surface area contributed by atoms with Gasteiger partial charge in [-0.25, -0.2) is 0 Å². The summed E-state index contributed by atoms with van der Waals surface area (Å²) in [5.74, 6) is 1.31. The van der Waals surface area contributed by atoms with Crippen molar-refractivity contribution in [2.45, 2.75) is 6.04 Å². The standard InChI is InChI=1S/C17H18N2O3/c18-16-7-6-13(19-8-9-21-12-14(19)11-20)10-17(16)22-15-4-2-1-3-5-15/h1-7,10-11,14H,8-9,12,18H2. The van der Waals surface area contributed by atoms with Crippen molar-refractivity contribution < 1.29 is 14.3 Å². The van der Waals surface area contributed by atoms with E-state index in [9.17, 15) is 4.79 Å². The summed E-state index contributed by atoms with van der Waals surface area (Å²) in [5.41, 5.74) is 7.46. The van der Waals surface area contributed by atoms with Gasteiger partial charge in [-0.1, -0.05) is 18.2 Å². The number of carbonyl (C=O) groups excluding carboxylic acids is 1. The Balaban J connectivity index is 1.87. The van der Waals surface area contributed by atoms with E-state index in [1.807, 2.05) is 47.4 Å². The van der Waals surface area contributed by atoms with Crippen molar-refractivity contribution in [3.63, 3.8) is 0 Å². The molecule has 1 unspecified atom stereocenters. The van der Waals surface area contributed by atoms with Gasteiger partial charge < -0.3 is 24.9 Å². The van der Waals surface area contributed by atoms with Crippen LogP contribution in [0.1, 0.15) is 0 Å². The van der Waals surface area contributed by atoms with Gasteiger partial charge in [0, 0.05) is 18.3 Å². The largest absolute Gasteiger partial charge is 0.455 e. The van der Waals surface area contributed by atoms with E-state index >= 15 is 0 Å². The fourth-order valence-corrected chi connectivity index (χ4v) is 2.46. The summed E-state index contributed by atoms with van der Waals surface area (Å²) >= 11 is 0. The molecule has 1 atom stereocenters. The fraction of sp³-hybridized carbons (Fsp3) is 0.235. The second-order valence-corrected chi connectivity index (χ2v) is 5.11. The lowest BCUT2D eigenvalue weighted by Gasteiger charge is -2.34. The van der Waals surface area contributed by atoms with E-state index in [4.69, 9.17) is 15.2 Å². The van der Waals surface area contributed by atoms with Gasteiger partial charge in [-0.15, -0.1) is 0 Å². The number of aldehydes is 1. The number of para-hydroxylation sites is 1. The van der Waals surface area contributed by atoms with Crippen molar-refractivity contribution in [2.75, 3.05) is 30.4 Å². The van der Waals surface area contributed by atoms with E-state index in [0.717, 1.165) is 17.7 Å². The zero-order valence-corrected chi connectivity index (χ0v) is 12.1. The summed E-state index contributed by atoms with van der Waals surface area (Å²) in [7, 11) is 0. The zero-order valence-electron chi connectivity index (χ0n) is 12.1. The van der Waals surface area contributed by atoms with Crippen LogP contribution in [0, 0.1) is 0 Å². The molecule has 0 radical (unpaired) electrons. The smallest absolute Gasteiger partial charge is 0.152 e. The van der Waals surface area contributed by atoms with Crippen molar-refractivity contribution >= 4 is 17.7 Å². The molecule has 1 heterocycles. The monoisotopic (exact) mass is 298 g/mol. The Hall–Kier alpha value is -2.53. The lowest BCUT2D eigenvalue weighted by Crippen LogP contribution is -2.46. The molecular weight excluding hydrogens is 280 g/mol. The topological polar surface area (TPSA) is 64.8 Å². The van der Waals surface area contributed by atoms with E-state index in [2.05, 4.69) is 0 Å². The molecule has 0 saturated carbocycles. The van der Waals surface area contributed by atoms with Gasteiger partial charge in [-0.3, -0.25) is 0 Å². The summed E-state index contributed by atoms with van der Waals surface area (Å²) in [5, 5.41) is 0. The summed E-state index contributed by atoms with van der Waals surface area (Å²) in [6.45, 7) is 1.67. The molecule has 2 N–H and O–H groups in total. The number of hydrogen-bond donors (Lipinski definition) is 1. The van der Waals surface area contributed by atoms with E-state index < -0.39 is 0 Å². The minimum Gasteiger partial charge on any atom is -0.455 e. The predicted molar refractivity (Wildman–Crippen MR) is 85.4 cm³/mol. The lowest BCUT2D eigenvalue weighted by molar-refractivity contribution is -0.111. The highest BCUT2D eigenvalue weighted by atomic mass is 16.5. The molecule has 0 bridgehead atoms. The lowest BCUT2D eigenvalue weighted by atomic mass is 10.2. The van der Waals surface area contributed by atoms with E-state index in [1.165, 1.54) is 0 Å². The third-order valence-electron chi connectivity index (χ3n) is 3.62. The first-order valence-corrected chi connectivity index (χ1v) is 7.20. The Morgan fingerprint density at radius 2 is 2.05 bits per heavy atom. The number of ether oxygens (including phenoxy) is 2. The summed E-state index contributed by atoms with van der Waals surface area (Å²) in [4.78, 5) is 13.2. The maximum absolute atomic E-state index is 11.2. The SMILES string of the molecule is Nc1ccc(N2CCOCC2C=O)cc1Oc1ccccc1. The Bertz CT molecular complexity index is 646. The number of rotatable bonds is 4. The zero-order chi connectivity index (χ0) is 15.4. The number of nitrogen functional groups attached to an aromatic ring is 1. The van der Waals surface area contributed by atoms with Crippen molar-refractivity contribution in [1.82, 2.24) is 0 Å². The minimum absolute atomic E-state index is 0.276. The van der Waals surface area contributed by atoms with Crippen LogP contribution in [0.25, 0.3) is 0 Å². The van der Waals surface area contributed by atoms with Gasteiger partial charge in [0.2, 0.25) is 0 Å². The molecule has 1 aliphatic heterocycles. The van der Waals surface area contributed by atoms with Gasteiger partial charge in [-0.2, -0.15) is 0 Å². The molecule has 22 heavy (non-hydrogen) atoms. The fourth-order valence-electron chi connectivity index (χ4n) is 2.46. The maximum Gasteiger partial charge on any atom is 0.152 e. The molecule has 114 valence electrons. The highest BCUT2D eigenvalue weighted by Gasteiger charge is 2.23. The van der Waals surface area contributed by atoms with Crippen LogP contribution in [-0.2, 0) is 9.53 Å². The van der Waals surface area contributed by atoms with Gasteiger partial charge in [-0.05, 0) is 24.3 Å². The van der Waals surface area contributed by atoms with Crippen LogP contribution in [0.3, 0.4) is 0 Å². The first-order chi connectivity index (χ1) is 10.8. The number of nitrogens with two attached hydrogens (primary N) is 1. The molecule has 0 spiro atoms. The number of carbonyl (C=O) groups is 1. The van der Waals surface area contributed by atoms with Gasteiger partial charge in [0.1, 0.15) is 18.1 Å². The van der Waals surface area contributed by atoms with Gasteiger partial charge in [0.25, 0.3) is 0 Å². The van der Waals surface area contributed by atoms with Crippen LogP contribution in [0.5, 0.6) is 11.5 Å². The molecule has 5 heteroatoms. The normalized spacial score (nSPS) is 18.0. The van der Waals surface area contributed by atoms with Crippen LogP contribution >= 0.6 is 0 Å². The average Bonchev–Trinajstić information content (AvgIpc) is 2.58. The molecule has 3 rings (SSSR count). The number of morpholine rings is 1.